The van der Waals surface area contributed by atoms with E-state index in [9.17, 15) is 19.5 Å². The number of amides is 2. The molecule has 0 saturated carbocycles. The number of carboxylic acid groups (broad SMARTS) is 1. The lowest BCUT2D eigenvalue weighted by molar-refractivity contribution is -0.147. The summed E-state index contributed by atoms with van der Waals surface area (Å²) in [6.45, 7) is 9.42. The van der Waals surface area contributed by atoms with Crippen LogP contribution in [0, 0.1) is 5.41 Å². The van der Waals surface area contributed by atoms with Crippen molar-refractivity contribution < 1.29 is 24.2 Å². The zero-order valence-corrected chi connectivity index (χ0v) is 21.2. The van der Waals surface area contributed by atoms with Crippen molar-refractivity contribution >= 4 is 18.0 Å². The fraction of sp³-hybridized carbons (Fsp3) is 0.464. The molecule has 7 heteroatoms. The molecule has 7 nitrogen and oxygen atoms in total. The van der Waals surface area contributed by atoms with Crippen molar-refractivity contribution in [1.29, 1.82) is 0 Å². The minimum atomic E-state index is -1.35. The summed E-state index contributed by atoms with van der Waals surface area (Å²) in [6, 6.07) is 15.7. The number of rotatable bonds is 9. The molecule has 0 fully saturated rings. The Balaban J connectivity index is 1.66. The van der Waals surface area contributed by atoms with Gasteiger partial charge in [0.2, 0.25) is 5.91 Å². The van der Waals surface area contributed by atoms with E-state index >= 15 is 0 Å². The predicted molar refractivity (Wildman–Crippen MR) is 135 cm³/mol. The highest BCUT2D eigenvalue weighted by atomic mass is 16.5. The quantitative estimate of drug-likeness (QED) is 0.464. The van der Waals surface area contributed by atoms with Crippen LogP contribution in [0.15, 0.2) is 48.5 Å². The van der Waals surface area contributed by atoms with E-state index in [1.165, 1.54) is 6.92 Å². The standard InChI is InChI=1S/C28H36N2O5/c1-6-28(5,25(32)33)30-24(31)15-18(16-27(2,3)4)29-26(34)35-17-23-21-13-9-7-11-19(21)20-12-8-10-14-22(20)23/h7-14,18,23H,6,15-17H2,1-5H3,(H,29,34)(H,30,31)(H,32,33). The largest absolute Gasteiger partial charge is 0.480 e. The molecule has 0 radical (unpaired) electrons. The highest BCUT2D eigenvalue weighted by Crippen LogP contribution is 2.44. The Morgan fingerprint density at radius 3 is 2.00 bits per heavy atom. The van der Waals surface area contributed by atoms with Gasteiger partial charge >= 0.3 is 12.1 Å². The summed E-state index contributed by atoms with van der Waals surface area (Å²) in [7, 11) is 0. The van der Waals surface area contributed by atoms with Crippen LogP contribution < -0.4 is 10.6 Å². The van der Waals surface area contributed by atoms with Gasteiger partial charge in [0.1, 0.15) is 12.1 Å². The molecular weight excluding hydrogens is 444 g/mol. The van der Waals surface area contributed by atoms with Crippen molar-refractivity contribution in [3.63, 3.8) is 0 Å². The van der Waals surface area contributed by atoms with Gasteiger partial charge in [0, 0.05) is 18.4 Å². The molecule has 35 heavy (non-hydrogen) atoms. The third-order valence-electron chi connectivity index (χ3n) is 6.55. The molecule has 0 heterocycles. The van der Waals surface area contributed by atoms with Crippen LogP contribution in [0.5, 0.6) is 0 Å². The van der Waals surface area contributed by atoms with Gasteiger partial charge in [-0.2, -0.15) is 0 Å². The number of hydrogen-bond acceptors (Lipinski definition) is 4. The van der Waals surface area contributed by atoms with E-state index in [4.69, 9.17) is 4.74 Å². The second-order valence-electron chi connectivity index (χ2n) is 10.7. The van der Waals surface area contributed by atoms with Crippen LogP contribution in [0.1, 0.15) is 70.9 Å². The zero-order chi connectivity index (χ0) is 25.8. The summed E-state index contributed by atoms with van der Waals surface area (Å²) in [5, 5.41) is 14.9. The normalized spacial score (nSPS) is 15.3. The first-order valence-corrected chi connectivity index (χ1v) is 12.1. The van der Waals surface area contributed by atoms with Crippen molar-refractivity contribution in [3.8, 4) is 11.1 Å². The molecule has 3 rings (SSSR count). The van der Waals surface area contributed by atoms with Gasteiger partial charge in [-0.15, -0.1) is 0 Å². The van der Waals surface area contributed by atoms with Crippen molar-refractivity contribution in [2.45, 2.75) is 71.4 Å². The van der Waals surface area contributed by atoms with Crippen LogP contribution in [0.4, 0.5) is 4.79 Å². The highest BCUT2D eigenvalue weighted by molar-refractivity contribution is 5.87. The van der Waals surface area contributed by atoms with Crippen molar-refractivity contribution in [3.05, 3.63) is 59.7 Å². The van der Waals surface area contributed by atoms with E-state index in [-0.39, 0.29) is 30.8 Å². The van der Waals surface area contributed by atoms with E-state index in [2.05, 4.69) is 34.9 Å². The predicted octanol–water partition coefficient (Wildman–Crippen LogP) is 5.09. The molecule has 3 N–H and O–H groups in total. The first kappa shape index (κ1) is 26.3. The number of carboxylic acids is 1. The van der Waals surface area contributed by atoms with E-state index in [0.29, 0.717) is 6.42 Å². The Morgan fingerprint density at radius 2 is 1.51 bits per heavy atom. The number of alkyl carbamates (subject to hydrolysis) is 1. The number of carbonyl (C=O) groups is 3. The first-order valence-electron chi connectivity index (χ1n) is 12.1. The van der Waals surface area contributed by atoms with Crippen molar-refractivity contribution in [1.82, 2.24) is 10.6 Å². The highest BCUT2D eigenvalue weighted by Gasteiger charge is 2.34. The molecule has 0 saturated heterocycles. The molecule has 0 bridgehead atoms. The van der Waals surface area contributed by atoms with Gasteiger partial charge in [-0.3, -0.25) is 4.79 Å². The molecule has 2 unspecified atom stereocenters. The van der Waals surface area contributed by atoms with Gasteiger partial charge in [-0.25, -0.2) is 9.59 Å². The molecular formula is C28H36N2O5. The van der Waals surface area contributed by atoms with Crippen LogP contribution in [0.2, 0.25) is 0 Å². The van der Waals surface area contributed by atoms with Gasteiger partial charge in [-0.05, 0) is 47.4 Å². The summed E-state index contributed by atoms with van der Waals surface area (Å²) in [5.74, 6) is -1.58. The monoisotopic (exact) mass is 480 g/mol. The molecule has 0 aromatic heterocycles. The molecule has 2 amide bonds. The van der Waals surface area contributed by atoms with Crippen LogP contribution in [-0.2, 0) is 14.3 Å². The molecule has 0 spiro atoms. The lowest BCUT2D eigenvalue weighted by Gasteiger charge is -2.29. The number of carbonyl (C=O) groups excluding carboxylic acids is 2. The molecule has 1 aliphatic rings. The summed E-state index contributed by atoms with van der Waals surface area (Å²) in [5.41, 5.74) is 3.03. The summed E-state index contributed by atoms with van der Waals surface area (Å²) >= 11 is 0. The lowest BCUT2D eigenvalue weighted by Crippen LogP contribution is -2.53. The Hall–Kier alpha value is -3.35. The average Bonchev–Trinajstić information content (AvgIpc) is 3.10. The third-order valence-corrected chi connectivity index (χ3v) is 6.55. The van der Waals surface area contributed by atoms with Crippen LogP contribution in [0.3, 0.4) is 0 Å². The maximum absolute atomic E-state index is 12.8. The van der Waals surface area contributed by atoms with Crippen LogP contribution in [0.25, 0.3) is 11.1 Å². The fourth-order valence-electron chi connectivity index (χ4n) is 4.60. The van der Waals surface area contributed by atoms with E-state index in [1.54, 1.807) is 6.92 Å². The third kappa shape index (κ3) is 6.41. The van der Waals surface area contributed by atoms with Gasteiger partial charge < -0.3 is 20.5 Å². The molecule has 188 valence electrons. The number of benzene rings is 2. The molecule has 2 aromatic carbocycles. The van der Waals surface area contributed by atoms with Crippen LogP contribution >= 0.6 is 0 Å². The molecule has 2 aromatic rings. The maximum atomic E-state index is 12.8. The van der Waals surface area contributed by atoms with E-state index in [1.807, 2.05) is 45.0 Å². The topological polar surface area (TPSA) is 105 Å². The Morgan fingerprint density at radius 1 is 0.971 bits per heavy atom. The summed E-state index contributed by atoms with van der Waals surface area (Å²) in [6.07, 6.45) is 0.147. The number of nitrogens with one attached hydrogen (secondary N) is 2. The van der Waals surface area contributed by atoms with Gasteiger partial charge in [0.05, 0.1) is 0 Å². The molecule has 0 aliphatic heterocycles. The van der Waals surface area contributed by atoms with Gasteiger partial charge in [-0.1, -0.05) is 76.2 Å². The number of ether oxygens (including phenoxy) is 1. The van der Waals surface area contributed by atoms with E-state index in [0.717, 1.165) is 22.3 Å². The zero-order valence-electron chi connectivity index (χ0n) is 21.2. The second-order valence-corrected chi connectivity index (χ2v) is 10.7. The maximum Gasteiger partial charge on any atom is 0.407 e. The minimum absolute atomic E-state index is 0.0374. The number of aliphatic carboxylic acids is 1. The van der Waals surface area contributed by atoms with E-state index < -0.39 is 29.6 Å². The summed E-state index contributed by atoms with van der Waals surface area (Å²) < 4.78 is 5.65. The number of fused-ring (bicyclic) bond motifs is 3. The number of hydrogen-bond donors (Lipinski definition) is 3. The second kappa shape index (κ2) is 10.5. The fourth-order valence-corrected chi connectivity index (χ4v) is 4.60. The SMILES string of the molecule is CCC(C)(NC(=O)CC(CC(C)(C)C)NC(=O)OCC1c2ccccc2-c2ccccc21)C(=O)O. The van der Waals surface area contributed by atoms with Gasteiger partial charge in [0.25, 0.3) is 0 Å². The Bertz CT molecular complexity index is 1050. The molecule has 2 atom stereocenters. The van der Waals surface area contributed by atoms with Gasteiger partial charge in [0.15, 0.2) is 0 Å². The average molecular weight is 481 g/mol. The first-order chi connectivity index (χ1) is 16.4. The minimum Gasteiger partial charge on any atom is -0.480 e. The molecule has 1 aliphatic carbocycles. The Kier molecular flexibility index (Phi) is 7.88. The van der Waals surface area contributed by atoms with Crippen molar-refractivity contribution in [2.24, 2.45) is 5.41 Å². The van der Waals surface area contributed by atoms with Crippen molar-refractivity contribution in [2.75, 3.05) is 6.61 Å². The smallest absolute Gasteiger partial charge is 0.407 e. The Labute approximate surface area is 207 Å². The summed E-state index contributed by atoms with van der Waals surface area (Å²) in [4.78, 5) is 37.0. The lowest BCUT2D eigenvalue weighted by atomic mass is 9.86. The van der Waals surface area contributed by atoms with Crippen LogP contribution in [-0.4, -0.2) is 41.3 Å².